The zero-order valence-electron chi connectivity index (χ0n) is 13.8. The fourth-order valence-corrected chi connectivity index (χ4v) is 2.36. The molecule has 0 aliphatic rings. The molecule has 1 unspecified atom stereocenters. The van der Waals surface area contributed by atoms with Gasteiger partial charge < -0.3 is 19.6 Å². The number of amides is 1. The van der Waals surface area contributed by atoms with Crippen LogP contribution in [0.25, 0.3) is 0 Å². The maximum absolute atomic E-state index is 12.2. The maximum atomic E-state index is 12.2. The molecule has 0 saturated carbocycles. The van der Waals surface area contributed by atoms with Gasteiger partial charge in [-0.2, -0.15) is 0 Å². The molecule has 0 saturated heterocycles. The summed E-state index contributed by atoms with van der Waals surface area (Å²) < 4.78 is 10.7. The monoisotopic (exact) mass is 318 g/mol. The number of hydrogen-bond donors (Lipinski definition) is 2. The minimum Gasteiger partial charge on any atom is -0.478 e. The summed E-state index contributed by atoms with van der Waals surface area (Å²) in [6.45, 7) is 7.69. The summed E-state index contributed by atoms with van der Waals surface area (Å²) in [6, 6.07) is 5.05. The van der Waals surface area contributed by atoms with Crippen LogP contribution in [0.15, 0.2) is 28.8 Å². The van der Waals surface area contributed by atoms with Gasteiger partial charge in [-0.25, -0.2) is 4.98 Å². The number of furan rings is 1. The summed E-state index contributed by atoms with van der Waals surface area (Å²) in [5, 5.41) is 13.3. The molecule has 2 aromatic rings. The van der Waals surface area contributed by atoms with Gasteiger partial charge in [-0.3, -0.25) is 4.79 Å². The number of aromatic nitrogens is 1. The Bertz CT molecular complexity index is 674. The van der Waals surface area contributed by atoms with Crippen molar-refractivity contribution < 1.29 is 19.1 Å². The Hall–Kier alpha value is -2.34. The van der Waals surface area contributed by atoms with Crippen molar-refractivity contribution in [3.05, 3.63) is 47.0 Å². The van der Waals surface area contributed by atoms with Crippen molar-refractivity contribution in [2.24, 2.45) is 0 Å². The normalized spacial score (nSPS) is 13.4. The van der Waals surface area contributed by atoms with E-state index in [0.29, 0.717) is 29.4 Å². The molecule has 2 heterocycles. The molecular weight excluding hydrogens is 296 g/mol. The number of aryl methyl sites for hydroxylation is 2. The van der Waals surface area contributed by atoms with E-state index in [9.17, 15) is 9.90 Å². The Balaban J connectivity index is 2.01. The van der Waals surface area contributed by atoms with Crippen LogP contribution in [0.3, 0.4) is 0 Å². The van der Waals surface area contributed by atoms with Crippen LogP contribution in [-0.4, -0.2) is 29.1 Å². The van der Waals surface area contributed by atoms with Gasteiger partial charge in [0.25, 0.3) is 5.91 Å². The third-order valence-corrected chi connectivity index (χ3v) is 3.51. The fraction of sp³-hybridized carbons (Fsp3) is 0.412. The maximum Gasteiger partial charge on any atom is 0.252 e. The van der Waals surface area contributed by atoms with Crippen LogP contribution in [0.5, 0.6) is 5.88 Å². The van der Waals surface area contributed by atoms with Gasteiger partial charge in [0.1, 0.15) is 17.1 Å². The first-order chi connectivity index (χ1) is 10.8. The molecule has 2 rings (SSSR count). The van der Waals surface area contributed by atoms with Crippen LogP contribution < -0.4 is 10.1 Å². The predicted octanol–water partition coefficient (Wildman–Crippen LogP) is 2.33. The number of hydrogen-bond acceptors (Lipinski definition) is 5. The largest absolute Gasteiger partial charge is 0.478 e. The molecule has 124 valence electrons. The lowest BCUT2D eigenvalue weighted by Crippen LogP contribution is -2.38. The standard InChI is InChI=1S/C17H22N2O4/c1-5-22-15-7-6-13(9-18-15)16(20)19-10-17(4,21)14-8-11(2)23-12(14)3/h6-9,21H,5,10H2,1-4H3,(H,19,20). The van der Waals surface area contributed by atoms with Crippen LogP contribution in [0.1, 0.15) is 41.3 Å². The molecule has 2 aromatic heterocycles. The van der Waals surface area contributed by atoms with Crippen molar-refractivity contribution in [3.8, 4) is 5.88 Å². The van der Waals surface area contributed by atoms with E-state index in [1.54, 1.807) is 32.0 Å². The van der Waals surface area contributed by atoms with Crippen molar-refractivity contribution in [2.45, 2.75) is 33.3 Å². The van der Waals surface area contributed by atoms with E-state index in [1.165, 1.54) is 6.20 Å². The molecule has 2 N–H and O–H groups in total. The van der Waals surface area contributed by atoms with Gasteiger partial charge in [-0.1, -0.05) is 0 Å². The van der Waals surface area contributed by atoms with E-state index in [1.807, 2.05) is 13.8 Å². The molecular formula is C17H22N2O4. The first-order valence-corrected chi connectivity index (χ1v) is 7.50. The fourth-order valence-electron chi connectivity index (χ4n) is 2.36. The second-order valence-electron chi connectivity index (χ2n) is 5.60. The molecule has 6 heteroatoms. The van der Waals surface area contributed by atoms with E-state index in [0.717, 1.165) is 5.76 Å². The summed E-state index contributed by atoms with van der Waals surface area (Å²) in [4.78, 5) is 16.2. The molecule has 0 fully saturated rings. The van der Waals surface area contributed by atoms with Crippen molar-refractivity contribution in [3.63, 3.8) is 0 Å². The first kappa shape index (κ1) is 17.0. The zero-order chi connectivity index (χ0) is 17.0. The summed E-state index contributed by atoms with van der Waals surface area (Å²) >= 11 is 0. The minimum absolute atomic E-state index is 0.0683. The van der Waals surface area contributed by atoms with E-state index < -0.39 is 5.60 Å². The Morgan fingerprint density at radius 1 is 1.43 bits per heavy atom. The lowest BCUT2D eigenvalue weighted by atomic mass is 9.96. The highest BCUT2D eigenvalue weighted by Gasteiger charge is 2.28. The van der Waals surface area contributed by atoms with Crippen LogP contribution in [-0.2, 0) is 5.60 Å². The average molecular weight is 318 g/mol. The lowest BCUT2D eigenvalue weighted by Gasteiger charge is -2.23. The van der Waals surface area contributed by atoms with Crippen molar-refractivity contribution in [1.29, 1.82) is 0 Å². The van der Waals surface area contributed by atoms with Crippen molar-refractivity contribution in [1.82, 2.24) is 10.3 Å². The van der Waals surface area contributed by atoms with Crippen LogP contribution in [0.2, 0.25) is 0 Å². The Morgan fingerprint density at radius 3 is 2.70 bits per heavy atom. The van der Waals surface area contributed by atoms with Crippen LogP contribution in [0, 0.1) is 13.8 Å². The number of rotatable bonds is 6. The number of nitrogens with zero attached hydrogens (tertiary/aromatic N) is 1. The predicted molar refractivity (Wildman–Crippen MR) is 85.5 cm³/mol. The second kappa shape index (κ2) is 6.83. The van der Waals surface area contributed by atoms with E-state index in [-0.39, 0.29) is 12.5 Å². The molecule has 6 nitrogen and oxygen atoms in total. The molecule has 0 radical (unpaired) electrons. The quantitative estimate of drug-likeness (QED) is 0.854. The zero-order valence-corrected chi connectivity index (χ0v) is 13.8. The average Bonchev–Trinajstić information content (AvgIpc) is 2.85. The number of pyridine rings is 1. The Kier molecular flexibility index (Phi) is 5.05. The molecule has 0 aliphatic heterocycles. The Labute approximate surface area is 135 Å². The SMILES string of the molecule is CCOc1ccc(C(=O)NCC(C)(O)c2cc(C)oc2C)cn1. The summed E-state index contributed by atoms with van der Waals surface area (Å²) in [5.41, 5.74) is -0.139. The summed E-state index contributed by atoms with van der Waals surface area (Å²) in [6.07, 6.45) is 1.45. The van der Waals surface area contributed by atoms with E-state index in [2.05, 4.69) is 10.3 Å². The van der Waals surface area contributed by atoms with Crippen molar-refractivity contribution in [2.75, 3.05) is 13.2 Å². The van der Waals surface area contributed by atoms with Gasteiger partial charge in [-0.15, -0.1) is 0 Å². The van der Waals surface area contributed by atoms with Gasteiger partial charge >= 0.3 is 0 Å². The van der Waals surface area contributed by atoms with Gasteiger partial charge in [-0.05, 0) is 39.8 Å². The molecule has 0 aliphatic carbocycles. The number of carbonyl (C=O) groups excluding carboxylic acids is 1. The number of carbonyl (C=O) groups is 1. The van der Waals surface area contributed by atoms with E-state index >= 15 is 0 Å². The van der Waals surface area contributed by atoms with E-state index in [4.69, 9.17) is 9.15 Å². The highest BCUT2D eigenvalue weighted by Crippen LogP contribution is 2.26. The third kappa shape index (κ3) is 4.10. The van der Waals surface area contributed by atoms with Crippen LogP contribution in [0.4, 0.5) is 0 Å². The molecule has 23 heavy (non-hydrogen) atoms. The van der Waals surface area contributed by atoms with Gasteiger partial charge in [0, 0.05) is 17.8 Å². The number of ether oxygens (including phenoxy) is 1. The second-order valence-corrected chi connectivity index (χ2v) is 5.60. The molecule has 0 aromatic carbocycles. The number of aliphatic hydroxyl groups is 1. The highest BCUT2D eigenvalue weighted by molar-refractivity contribution is 5.93. The van der Waals surface area contributed by atoms with Gasteiger partial charge in [0.2, 0.25) is 5.88 Å². The number of nitrogens with one attached hydrogen (secondary N) is 1. The molecule has 1 atom stereocenters. The lowest BCUT2D eigenvalue weighted by molar-refractivity contribution is 0.0514. The molecule has 1 amide bonds. The molecule has 0 bridgehead atoms. The van der Waals surface area contributed by atoms with Crippen LogP contribution >= 0.6 is 0 Å². The van der Waals surface area contributed by atoms with Gasteiger partial charge in [0.05, 0.1) is 18.7 Å². The first-order valence-electron chi connectivity index (χ1n) is 7.50. The van der Waals surface area contributed by atoms with Crippen molar-refractivity contribution >= 4 is 5.91 Å². The molecule has 0 spiro atoms. The summed E-state index contributed by atoms with van der Waals surface area (Å²) in [5.74, 6) is 1.53. The summed E-state index contributed by atoms with van der Waals surface area (Å²) in [7, 11) is 0. The highest BCUT2D eigenvalue weighted by atomic mass is 16.5. The topological polar surface area (TPSA) is 84.6 Å². The third-order valence-electron chi connectivity index (χ3n) is 3.51. The minimum atomic E-state index is -1.21. The van der Waals surface area contributed by atoms with Gasteiger partial charge in [0.15, 0.2) is 0 Å². The smallest absolute Gasteiger partial charge is 0.252 e. The Morgan fingerprint density at radius 2 is 2.17 bits per heavy atom.